The molecule has 0 saturated carbocycles. The van der Waals surface area contributed by atoms with Crippen LogP contribution in [0.25, 0.3) is 0 Å². The molecule has 0 atom stereocenters. The number of halogens is 2. The first-order valence-electron chi connectivity index (χ1n) is 6.93. The van der Waals surface area contributed by atoms with Crippen molar-refractivity contribution in [2.24, 2.45) is 5.92 Å². The smallest absolute Gasteiger partial charge is 0.303 e. The normalized spacial score (nSPS) is 16.0. The van der Waals surface area contributed by atoms with Crippen LogP contribution in [0, 0.1) is 9.49 Å². The van der Waals surface area contributed by atoms with E-state index in [0.29, 0.717) is 31.0 Å². The molecule has 0 aromatic heterocycles. The lowest BCUT2D eigenvalue weighted by Gasteiger charge is -2.32. The summed E-state index contributed by atoms with van der Waals surface area (Å²) in [4.78, 5) is 25.0. The lowest BCUT2D eigenvalue weighted by atomic mass is 9.92. The zero-order valence-electron chi connectivity index (χ0n) is 11.5. The molecule has 1 aliphatic rings. The molecule has 0 bridgehead atoms. The van der Waals surface area contributed by atoms with Gasteiger partial charge in [-0.25, -0.2) is 0 Å². The second-order valence-electron chi connectivity index (χ2n) is 5.29. The van der Waals surface area contributed by atoms with Gasteiger partial charge in [-0.1, -0.05) is 0 Å². The number of aliphatic carboxylic acids is 1. The van der Waals surface area contributed by atoms with Gasteiger partial charge in [0.25, 0.3) is 5.91 Å². The van der Waals surface area contributed by atoms with Crippen LogP contribution in [0.2, 0.25) is 0 Å². The first kappa shape index (κ1) is 16.7. The zero-order chi connectivity index (χ0) is 15.4. The van der Waals surface area contributed by atoms with Crippen molar-refractivity contribution in [2.45, 2.75) is 25.7 Å². The number of amides is 1. The predicted molar refractivity (Wildman–Crippen MR) is 92.4 cm³/mol. The first-order chi connectivity index (χ1) is 9.97. The molecular formula is C15H17BrINO3. The molecule has 114 valence electrons. The quantitative estimate of drug-likeness (QED) is 0.688. The second kappa shape index (κ2) is 7.58. The van der Waals surface area contributed by atoms with Crippen LogP contribution in [-0.4, -0.2) is 35.0 Å². The Bertz CT molecular complexity index is 542. The molecule has 2 rings (SSSR count). The fraction of sp³-hybridized carbons (Fsp3) is 0.467. The average molecular weight is 466 g/mol. The maximum absolute atomic E-state index is 12.5. The minimum absolute atomic E-state index is 0.0528. The number of likely N-dealkylation sites (tertiary alicyclic amines) is 1. The molecule has 0 spiro atoms. The predicted octanol–water partition coefficient (Wildman–Crippen LogP) is 3.77. The highest BCUT2D eigenvalue weighted by atomic mass is 127. The topological polar surface area (TPSA) is 57.6 Å². The minimum atomic E-state index is -0.740. The summed E-state index contributed by atoms with van der Waals surface area (Å²) in [6, 6.07) is 5.75. The number of rotatable bonds is 4. The number of carbonyl (C=O) groups is 2. The van der Waals surface area contributed by atoms with E-state index < -0.39 is 5.97 Å². The SMILES string of the molecule is O=C(O)CCC1CCN(C(=O)c2cc(I)ccc2Br)CC1. The summed E-state index contributed by atoms with van der Waals surface area (Å²) in [5, 5.41) is 8.72. The lowest BCUT2D eigenvalue weighted by molar-refractivity contribution is -0.137. The van der Waals surface area contributed by atoms with Crippen LogP contribution in [0.1, 0.15) is 36.0 Å². The number of hydrogen-bond donors (Lipinski definition) is 1. The van der Waals surface area contributed by atoms with Crippen LogP contribution in [-0.2, 0) is 4.79 Å². The molecule has 21 heavy (non-hydrogen) atoms. The van der Waals surface area contributed by atoms with Crippen LogP contribution in [0.3, 0.4) is 0 Å². The van der Waals surface area contributed by atoms with Crippen molar-refractivity contribution in [3.8, 4) is 0 Å². The van der Waals surface area contributed by atoms with Crippen molar-refractivity contribution in [3.63, 3.8) is 0 Å². The van der Waals surface area contributed by atoms with E-state index in [1.807, 2.05) is 23.1 Å². The summed E-state index contributed by atoms with van der Waals surface area (Å²) < 4.78 is 1.86. The van der Waals surface area contributed by atoms with E-state index in [2.05, 4.69) is 38.5 Å². The van der Waals surface area contributed by atoms with Gasteiger partial charge in [-0.3, -0.25) is 9.59 Å². The number of nitrogens with zero attached hydrogens (tertiary/aromatic N) is 1. The van der Waals surface area contributed by atoms with Crippen LogP contribution in [0.4, 0.5) is 0 Å². The van der Waals surface area contributed by atoms with Gasteiger partial charge < -0.3 is 10.0 Å². The van der Waals surface area contributed by atoms with Gasteiger partial charge in [0.05, 0.1) is 5.56 Å². The summed E-state index contributed by atoms with van der Waals surface area (Å²) >= 11 is 5.63. The second-order valence-corrected chi connectivity index (χ2v) is 7.39. The van der Waals surface area contributed by atoms with Gasteiger partial charge in [-0.15, -0.1) is 0 Å². The number of carbonyl (C=O) groups excluding carboxylic acids is 1. The Morgan fingerprint density at radius 1 is 1.33 bits per heavy atom. The summed E-state index contributed by atoms with van der Waals surface area (Å²) in [5.74, 6) is -0.266. The molecule has 1 fully saturated rings. The van der Waals surface area contributed by atoms with Crippen molar-refractivity contribution in [1.82, 2.24) is 4.90 Å². The highest BCUT2D eigenvalue weighted by Crippen LogP contribution is 2.26. The van der Waals surface area contributed by atoms with E-state index in [-0.39, 0.29) is 12.3 Å². The first-order valence-corrected chi connectivity index (χ1v) is 8.80. The summed E-state index contributed by atoms with van der Waals surface area (Å²) in [5.41, 5.74) is 0.700. The largest absolute Gasteiger partial charge is 0.481 e. The monoisotopic (exact) mass is 465 g/mol. The summed E-state index contributed by atoms with van der Waals surface area (Å²) in [6.07, 6.45) is 2.71. The molecular weight excluding hydrogens is 449 g/mol. The van der Waals surface area contributed by atoms with Crippen molar-refractivity contribution >= 4 is 50.4 Å². The van der Waals surface area contributed by atoms with Crippen molar-refractivity contribution in [1.29, 1.82) is 0 Å². The number of piperidine rings is 1. The molecule has 1 N–H and O–H groups in total. The fourth-order valence-corrected chi connectivity index (χ4v) is 3.49. The Labute approximate surface area is 146 Å². The van der Waals surface area contributed by atoms with Crippen molar-refractivity contribution in [2.75, 3.05) is 13.1 Å². The molecule has 4 nitrogen and oxygen atoms in total. The molecule has 0 aliphatic carbocycles. The maximum atomic E-state index is 12.5. The Morgan fingerprint density at radius 3 is 2.62 bits per heavy atom. The van der Waals surface area contributed by atoms with Gasteiger partial charge in [0.2, 0.25) is 0 Å². The van der Waals surface area contributed by atoms with E-state index >= 15 is 0 Å². The van der Waals surface area contributed by atoms with Gasteiger partial charge in [0, 0.05) is 27.6 Å². The van der Waals surface area contributed by atoms with E-state index in [1.54, 1.807) is 0 Å². The average Bonchev–Trinajstić information content (AvgIpc) is 2.47. The zero-order valence-corrected chi connectivity index (χ0v) is 15.3. The molecule has 0 radical (unpaired) electrons. The maximum Gasteiger partial charge on any atom is 0.303 e. The number of carboxylic acids is 1. The third kappa shape index (κ3) is 4.67. The highest BCUT2D eigenvalue weighted by molar-refractivity contribution is 14.1. The molecule has 1 aliphatic heterocycles. The number of benzene rings is 1. The van der Waals surface area contributed by atoms with E-state index in [4.69, 9.17) is 5.11 Å². The van der Waals surface area contributed by atoms with Gasteiger partial charge in [-0.05, 0) is 81.9 Å². The van der Waals surface area contributed by atoms with Crippen molar-refractivity contribution < 1.29 is 14.7 Å². The van der Waals surface area contributed by atoms with Gasteiger partial charge in [-0.2, -0.15) is 0 Å². The minimum Gasteiger partial charge on any atom is -0.481 e. The van der Waals surface area contributed by atoms with Crippen LogP contribution >= 0.6 is 38.5 Å². The summed E-state index contributed by atoms with van der Waals surface area (Å²) in [7, 11) is 0. The van der Waals surface area contributed by atoms with Gasteiger partial charge >= 0.3 is 5.97 Å². The van der Waals surface area contributed by atoms with Crippen LogP contribution in [0.15, 0.2) is 22.7 Å². The Balaban J connectivity index is 1.94. The van der Waals surface area contributed by atoms with E-state index in [0.717, 1.165) is 20.9 Å². The van der Waals surface area contributed by atoms with Gasteiger partial charge in [0.15, 0.2) is 0 Å². The number of carboxylic acid groups (broad SMARTS) is 1. The molecule has 6 heteroatoms. The van der Waals surface area contributed by atoms with Gasteiger partial charge in [0.1, 0.15) is 0 Å². The Hall–Kier alpha value is -0.630. The molecule has 1 saturated heterocycles. The molecule has 1 aromatic rings. The number of hydrogen-bond acceptors (Lipinski definition) is 2. The third-order valence-corrected chi connectivity index (χ3v) is 5.19. The van der Waals surface area contributed by atoms with E-state index in [9.17, 15) is 9.59 Å². The summed E-state index contributed by atoms with van der Waals surface area (Å²) in [6.45, 7) is 1.42. The lowest BCUT2D eigenvalue weighted by Crippen LogP contribution is -2.38. The van der Waals surface area contributed by atoms with Crippen LogP contribution in [0.5, 0.6) is 0 Å². The molecule has 1 aromatic carbocycles. The standard InChI is InChI=1S/C15H17BrINO3/c16-13-3-2-11(17)9-12(13)15(21)18-7-5-10(6-8-18)1-4-14(19)20/h2-3,9-10H,1,4-8H2,(H,19,20). The Kier molecular flexibility index (Phi) is 6.04. The Morgan fingerprint density at radius 2 is 2.00 bits per heavy atom. The molecule has 1 amide bonds. The third-order valence-electron chi connectivity index (χ3n) is 3.83. The van der Waals surface area contributed by atoms with Crippen molar-refractivity contribution in [3.05, 3.63) is 31.8 Å². The fourth-order valence-electron chi connectivity index (χ4n) is 2.58. The molecule has 0 unspecified atom stereocenters. The van der Waals surface area contributed by atoms with E-state index in [1.165, 1.54) is 0 Å². The molecule has 1 heterocycles. The van der Waals surface area contributed by atoms with Crippen LogP contribution < -0.4 is 0 Å². The highest BCUT2D eigenvalue weighted by Gasteiger charge is 2.25.